The predicted molar refractivity (Wildman–Crippen MR) is 127 cm³/mol. The Morgan fingerprint density at radius 2 is 1.10 bits per heavy atom. The molecule has 0 spiro atoms. The van der Waals surface area contributed by atoms with Crippen molar-refractivity contribution in [3.8, 4) is 44.5 Å². The zero-order chi connectivity index (χ0) is 20.1. The van der Waals surface area contributed by atoms with Crippen LogP contribution in [0.5, 0.6) is 0 Å². The van der Waals surface area contributed by atoms with Crippen LogP contribution in [0, 0.1) is 0 Å². The van der Waals surface area contributed by atoms with Gasteiger partial charge < -0.3 is 5.73 Å². The Morgan fingerprint density at radius 1 is 0.467 bits per heavy atom. The molecule has 1 nitrogen and oxygen atoms in total. The van der Waals surface area contributed by atoms with E-state index in [0.717, 1.165) is 5.56 Å². The third-order valence-corrected chi connectivity index (χ3v) is 6.24. The molecule has 30 heavy (non-hydrogen) atoms. The zero-order valence-corrected chi connectivity index (χ0v) is 16.6. The van der Waals surface area contributed by atoms with Gasteiger partial charge in [0.2, 0.25) is 0 Å². The first kappa shape index (κ1) is 17.2. The standard InChI is InChI=1S/C29H21N/c30-18-19-11-13-20(14-12-19)21-5-3-6-22(17-21)23-15-16-28-25-8-2-1-7-24(25)27-10-4-9-26(23)29(27)28/h1-17H,18,30H2. The van der Waals surface area contributed by atoms with Crippen molar-refractivity contribution in [1.82, 2.24) is 0 Å². The van der Waals surface area contributed by atoms with Crippen LogP contribution in [0.1, 0.15) is 5.56 Å². The lowest BCUT2D eigenvalue weighted by molar-refractivity contribution is 1.07. The van der Waals surface area contributed by atoms with E-state index in [-0.39, 0.29) is 0 Å². The minimum Gasteiger partial charge on any atom is -0.326 e. The van der Waals surface area contributed by atoms with Gasteiger partial charge in [0, 0.05) is 6.54 Å². The van der Waals surface area contributed by atoms with E-state index < -0.39 is 0 Å². The highest BCUT2D eigenvalue weighted by atomic mass is 14.5. The second-order valence-electron chi connectivity index (χ2n) is 7.92. The molecule has 1 heteroatoms. The van der Waals surface area contributed by atoms with Gasteiger partial charge in [0.05, 0.1) is 0 Å². The number of benzene rings is 5. The smallest absolute Gasteiger partial charge is 0.0178 e. The predicted octanol–water partition coefficient (Wildman–Crippen LogP) is 7.28. The molecule has 0 fully saturated rings. The van der Waals surface area contributed by atoms with E-state index in [9.17, 15) is 0 Å². The van der Waals surface area contributed by atoms with Crippen molar-refractivity contribution >= 4 is 10.8 Å². The summed E-state index contributed by atoms with van der Waals surface area (Å²) in [5, 5.41) is 2.69. The molecule has 0 aromatic heterocycles. The maximum atomic E-state index is 5.75. The summed E-state index contributed by atoms with van der Waals surface area (Å²) in [6.07, 6.45) is 0. The highest BCUT2D eigenvalue weighted by Crippen LogP contribution is 2.49. The largest absolute Gasteiger partial charge is 0.326 e. The van der Waals surface area contributed by atoms with E-state index in [2.05, 4.69) is 103 Å². The molecular weight excluding hydrogens is 362 g/mol. The van der Waals surface area contributed by atoms with Gasteiger partial charge in [-0.2, -0.15) is 0 Å². The molecule has 0 saturated heterocycles. The molecule has 0 amide bonds. The van der Waals surface area contributed by atoms with Crippen LogP contribution >= 0.6 is 0 Å². The minimum absolute atomic E-state index is 0.573. The number of hydrogen-bond donors (Lipinski definition) is 1. The fourth-order valence-electron chi connectivity index (χ4n) is 4.76. The van der Waals surface area contributed by atoms with E-state index >= 15 is 0 Å². The molecule has 0 unspecified atom stereocenters. The molecule has 0 heterocycles. The zero-order valence-electron chi connectivity index (χ0n) is 16.6. The number of hydrogen-bond acceptors (Lipinski definition) is 1. The van der Waals surface area contributed by atoms with Crippen molar-refractivity contribution in [2.75, 3.05) is 0 Å². The Morgan fingerprint density at radius 3 is 1.87 bits per heavy atom. The number of rotatable bonds is 3. The Bertz CT molecular complexity index is 1380. The van der Waals surface area contributed by atoms with Gasteiger partial charge in [-0.25, -0.2) is 0 Å². The fourth-order valence-corrected chi connectivity index (χ4v) is 4.76. The summed E-state index contributed by atoms with van der Waals surface area (Å²) in [4.78, 5) is 0. The number of fused-ring (bicyclic) bond motifs is 3. The lowest BCUT2D eigenvalue weighted by atomic mass is 9.92. The Balaban J connectivity index is 1.53. The maximum Gasteiger partial charge on any atom is 0.0178 e. The van der Waals surface area contributed by atoms with E-state index in [1.54, 1.807) is 0 Å². The lowest BCUT2D eigenvalue weighted by Crippen LogP contribution is -1.95. The summed E-state index contributed by atoms with van der Waals surface area (Å²) in [5.74, 6) is 0. The normalized spacial score (nSPS) is 11.6. The van der Waals surface area contributed by atoms with Gasteiger partial charge in [-0.05, 0) is 66.9 Å². The van der Waals surface area contributed by atoms with E-state index in [1.807, 2.05) is 0 Å². The molecule has 6 rings (SSSR count). The molecule has 0 bridgehead atoms. The average Bonchev–Trinajstić information content (AvgIpc) is 3.15. The van der Waals surface area contributed by atoms with Crippen LogP contribution in [-0.4, -0.2) is 0 Å². The molecule has 0 radical (unpaired) electrons. The van der Waals surface area contributed by atoms with Crippen molar-refractivity contribution in [2.24, 2.45) is 5.73 Å². The Hall–Kier alpha value is -3.68. The molecule has 5 aromatic rings. The van der Waals surface area contributed by atoms with Gasteiger partial charge in [0.1, 0.15) is 0 Å². The topological polar surface area (TPSA) is 26.0 Å². The van der Waals surface area contributed by atoms with Crippen LogP contribution in [0.3, 0.4) is 0 Å². The van der Waals surface area contributed by atoms with Crippen molar-refractivity contribution in [3.63, 3.8) is 0 Å². The van der Waals surface area contributed by atoms with Gasteiger partial charge in [0.15, 0.2) is 0 Å². The summed E-state index contributed by atoms with van der Waals surface area (Å²) in [6, 6.07) is 37.3. The van der Waals surface area contributed by atoms with E-state index in [0.29, 0.717) is 6.54 Å². The van der Waals surface area contributed by atoms with Gasteiger partial charge in [-0.15, -0.1) is 0 Å². The van der Waals surface area contributed by atoms with Crippen LogP contribution in [0.4, 0.5) is 0 Å². The van der Waals surface area contributed by atoms with Crippen LogP contribution in [0.2, 0.25) is 0 Å². The molecule has 1 aliphatic carbocycles. The summed E-state index contributed by atoms with van der Waals surface area (Å²) >= 11 is 0. The van der Waals surface area contributed by atoms with Crippen molar-refractivity contribution in [2.45, 2.75) is 6.54 Å². The summed E-state index contributed by atoms with van der Waals surface area (Å²) < 4.78 is 0. The van der Waals surface area contributed by atoms with Crippen molar-refractivity contribution < 1.29 is 0 Å². The van der Waals surface area contributed by atoms with Crippen molar-refractivity contribution in [3.05, 3.63) is 109 Å². The Kier molecular flexibility index (Phi) is 3.83. The van der Waals surface area contributed by atoms with Crippen LogP contribution in [-0.2, 0) is 6.54 Å². The fraction of sp³-hybridized carbons (Fsp3) is 0.0345. The summed E-state index contributed by atoms with van der Waals surface area (Å²) in [7, 11) is 0. The van der Waals surface area contributed by atoms with Crippen LogP contribution < -0.4 is 5.73 Å². The molecule has 142 valence electrons. The molecule has 0 aliphatic heterocycles. The van der Waals surface area contributed by atoms with Gasteiger partial charge in [-0.1, -0.05) is 97.1 Å². The summed E-state index contributed by atoms with van der Waals surface area (Å²) in [6.45, 7) is 0.573. The van der Waals surface area contributed by atoms with Gasteiger partial charge >= 0.3 is 0 Å². The third kappa shape index (κ3) is 2.53. The first-order valence-corrected chi connectivity index (χ1v) is 10.4. The van der Waals surface area contributed by atoms with E-state index in [4.69, 9.17) is 5.73 Å². The highest BCUT2D eigenvalue weighted by molar-refractivity contribution is 6.18. The monoisotopic (exact) mass is 383 g/mol. The SMILES string of the molecule is NCc1ccc(-c2cccc(-c3ccc4c5c(cccc35)-c3ccccc3-4)c2)cc1. The minimum atomic E-state index is 0.573. The molecule has 0 atom stereocenters. The number of nitrogens with two attached hydrogens (primary N) is 1. The molecule has 1 aliphatic rings. The second kappa shape index (κ2) is 6.69. The Labute approximate surface area is 176 Å². The average molecular weight is 383 g/mol. The first-order valence-electron chi connectivity index (χ1n) is 10.4. The molecule has 5 aromatic carbocycles. The van der Waals surface area contributed by atoms with Gasteiger partial charge in [0.25, 0.3) is 0 Å². The van der Waals surface area contributed by atoms with E-state index in [1.165, 1.54) is 55.3 Å². The molecular formula is C29H21N. The molecule has 2 N–H and O–H groups in total. The highest BCUT2D eigenvalue weighted by Gasteiger charge is 2.22. The quantitative estimate of drug-likeness (QED) is 0.341. The third-order valence-electron chi connectivity index (χ3n) is 6.24. The van der Waals surface area contributed by atoms with Crippen LogP contribution in [0.15, 0.2) is 103 Å². The van der Waals surface area contributed by atoms with Crippen molar-refractivity contribution in [1.29, 1.82) is 0 Å². The second-order valence-corrected chi connectivity index (χ2v) is 7.92. The van der Waals surface area contributed by atoms with Crippen LogP contribution in [0.25, 0.3) is 55.3 Å². The summed E-state index contributed by atoms with van der Waals surface area (Å²) in [5.41, 5.74) is 17.2. The molecule has 0 saturated carbocycles. The first-order chi connectivity index (χ1) is 14.8. The van der Waals surface area contributed by atoms with Gasteiger partial charge in [-0.3, -0.25) is 0 Å². The maximum absolute atomic E-state index is 5.75. The lowest BCUT2D eigenvalue weighted by Gasteiger charge is -2.11.